The number of aromatic amines is 1. The van der Waals surface area contributed by atoms with Gasteiger partial charge >= 0.3 is 6.18 Å². The van der Waals surface area contributed by atoms with Crippen molar-refractivity contribution in [3.63, 3.8) is 0 Å². The number of carbonyl (C=O) groups is 2. The van der Waals surface area contributed by atoms with Gasteiger partial charge in [0, 0.05) is 37.8 Å². The monoisotopic (exact) mass is 501 g/mol. The Morgan fingerprint density at radius 3 is 2.33 bits per heavy atom. The van der Waals surface area contributed by atoms with Crippen molar-refractivity contribution in [1.82, 2.24) is 25.2 Å². The highest BCUT2D eigenvalue weighted by Crippen LogP contribution is 2.34. The maximum atomic E-state index is 13.3. The number of amides is 2. The molecule has 11 heteroatoms. The van der Waals surface area contributed by atoms with Gasteiger partial charge in [-0.25, -0.2) is 4.39 Å². The van der Waals surface area contributed by atoms with E-state index >= 15 is 0 Å². The van der Waals surface area contributed by atoms with Crippen molar-refractivity contribution in [2.45, 2.75) is 19.0 Å². The predicted molar refractivity (Wildman–Crippen MR) is 123 cm³/mol. The summed E-state index contributed by atoms with van der Waals surface area (Å²) >= 11 is 0. The molecule has 5 rings (SSSR count). The van der Waals surface area contributed by atoms with Crippen molar-refractivity contribution in [2.24, 2.45) is 11.8 Å². The van der Waals surface area contributed by atoms with Gasteiger partial charge < -0.3 is 9.80 Å². The molecule has 3 aromatic rings. The van der Waals surface area contributed by atoms with E-state index < -0.39 is 17.6 Å². The molecule has 7 nitrogen and oxygen atoms in total. The number of benzene rings is 2. The van der Waals surface area contributed by atoms with Gasteiger partial charge in [0.15, 0.2) is 0 Å². The lowest BCUT2D eigenvalue weighted by atomic mass is 9.92. The van der Waals surface area contributed by atoms with Crippen molar-refractivity contribution in [3.05, 3.63) is 65.0 Å². The van der Waals surface area contributed by atoms with E-state index in [0.717, 1.165) is 24.3 Å². The molecule has 2 saturated heterocycles. The van der Waals surface area contributed by atoms with E-state index in [1.165, 1.54) is 0 Å². The van der Waals surface area contributed by atoms with Gasteiger partial charge in [0.1, 0.15) is 16.9 Å². The minimum Gasteiger partial charge on any atom is -0.339 e. The van der Waals surface area contributed by atoms with Crippen LogP contribution in [0.5, 0.6) is 0 Å². The molecule has 0 aliphatic carbocycles. The number of aromatic nitrogens is 3. The normalized spacial score (nSPS) is 20.7. The first kappa shape index (κ1) is 24.0. The number of hydrogen-bond donors (Lipinski definition) is 1. The maximum absolute atomic E-state index is 13.3. The van der Waals surface area contributed by atoms with Gasteiger partial charge in [-0.3, -0.25) is 9.59 Å². The van der Waals surface area contributed by atoms with E-state index in [4.69, 9.17) is 0 Å². The van der Waals surface area contributed by atoms with Crippen LogP contribution < -0.4 is 0 Å². The van der Waals surface area contributed by atoms with Crippen LogP contribution in [0.25, 0.3) is 17.1 Å². The zero-order chi connectivity index (χ0) is 25.4. The minimum absolute atomic E-state index is 0.0661. The third-order valence-corrected chi connectivity index (χ3v) is 7.00. The Morgan fingerprint density at radius 1 is 0.944 bits per heavy atom. The van der Waals surface area contributed by atoms with Gasteiger partial charge in [-0.2, -0.15) is 28.6 Å². The van der Waals surface area contributed by atoms with Crippen LogP contribution in [0.3, 0.4) is 0 Å². The molecule has 2 unspecified atom stereocenters. The summed E-state index contributed by atoms with van der Waals surface area (Å²) in [4.78, 5) is 29.2. The average Bonchev–Trinajstić information content (AvgIpc) is 3.44. The molecule has 1 aromatic heterocycles. The molecule has 2 aromatic carbocycles. The van der Waals surface area contributed by atoms with Crippen LogP contribution in [-0.4, -0.2) is 63.2 Å². The van der Waals surface area contributed by atoms with Gasteiger partial charge in [0.2, 0.25) is 5.91 Å². The lowest BCUT2D eigenvalue weighted by molar-refractivity contribution is -0.138. The first-order valence-electron chi connectivity index (χ1n) is 11.6. The number of likely N-dealkylation sites (tertiary alicyclic amines) is 2. The number of H-pyrrole nitrogens is 1. The second-order valence-corrected chi connectivity index (χ2v) is 9.22. The first-order valence-corrected chi connectivity index (χ1v) is 11.6. The van der Waals surface area contributed by atoms with Crippen LogP contribution in [0.1, 0.15) is 34.3 Å². The molecule has 2 amide bonds. The standard InChI is InChI=1S/C25H23F4N5O2/c26-19-4-1-15(20(12-19)25(27,28)29)3-6-23(35)33-9-7-17-13-34(14-18(17)8-10-33)24(36)16-2-5-21-22(11-16)31-32-30-21/h1-6,11-12,17-18H,7-10,13-14H2,(H,30,31,32). The summed E-state index contributed by atoms with van der Waals surface area (Å²) in [6.45, 7) is 2.07. The molecule has 2 aliphatic heterocycles. The smallest absolute Gasteiger partial charge is 0.339 e. The van der Waals surface area contributed by atoms with Gasteiger partial charge in [0.25, 0.3) is 5.91 Å². The van der Waals surface area contributed by atoms with Crippen molar-refractivity contribution >= 4 is 28.9 Å². The summed E-state index contributed by atoms with van der Waals surface area (Å²) in [5.41, 5.74) is 0.477. The highest BCUT2D eigenvalue weighted by Gasteiger charge is 2.38. The summed E-state index contributed by atoms with van der Waals surface area (Å²) in [6, 6.07) is 7.58. The number of nitrogens with zero attached hydrogens (tertiary/aromatic N) is 4. The predicted octanol–water partition coefficient (Wildman–Crippen LogP) is 4.14. The van der Waals surface area contributed by atoms with Crippen molar-refractivity contribution in [3.8, 4) is 0 Å². The number of fused-ring (bicyclic) bond motifs is 2. The van der Waals surface area contributed by atoms with Crippen LogP contribution in [0.2, 0.25) is 0 Å². The molecule has 2 aliphatic rings. The lowest BCUT2D eigenvalue weighted by Gasteiger charge is -2.21. The van der Waals surface area contributed by atoms with E-state index in [1.54, 1.807) is 23.1 Å². The number of hydrogen-bond acceptors (Lipinski definition) is 4. The van der Waals surface area contributed by atoms with Crippen LogP contribution in [0, 0.1) is 17.7 Å². The van der Waals surface area contributed by atoms with Crippen molar-refractivity contribution in [1.29, 1.82) is 0 Å². The highest BCUT2D eigenvalue weighted by molar-refractivity contribution is 5.97. The second kappa shape index (κ2) is 9.36. The summed E-state index contributed by atoms with van der Waals surface area (Å²) in [5.74, 6) is -0.971. The van der Waals surface area contributed by atoms with Crippen LogP contribution in [0.15, 0.2) is 42.5 Å². The topological polar surface area (TPSA) is 82.2 Å². The SMILES string of the molecule is O=C(C=Cc1ccc(F)cc1C(F)(F)F)N1CCC2CN(C(=O)c3ccc4n[nH]nc4c3)CC2CC1. The van der Waals surface area contributed by atoms with E-state index in [9.17, 15) is 27.2 Å². The Morgan fingerprint density at radius 2 is 1.64 bits per heavy atom. The summed E-state index contributed by atoms with van der Waals surface area (Å²) < 4.78 is 53.0. The molecule has 3 heterocycles. The fourth-order valence-corrected chi connectivity index (χ4v) is 5.08. The molecular weight excluding hydrogens is 478 g/mol. The van der Waals surface area contributed by atoms with E-state index in [0.29, 0.717) is 61.7 Å². The molecule has 36 heavy (non-hydrogen) atoms. The first-order chi connectivity index (χ1) is 17.2. The van der Waals surface area contributed by atoms with E-state index in [2.05, 4.69) is 15.4 Å². The zero-order valence-corrected chi connectivity index (χ0v) is 19.1. The van der Waals surface area contributed by atoms with Crippen LogP contribution in [0.4, 0.5) is 17.6 Å². The van der Waals surface area contributed by atoms with Gasteiger partial charge in [-0.1, -0.05) is 6.07 Å². The molecule has 2 atom stereocenters. The van der Waals surface area contributed by atoms with Gasteiger partial charge in [-0.05, 0) is 66.6 Å². The molecule has 0 saturated carbocycles. The molecule has 1 N–H and O–H groups in total. The molecule has 0 radical (unpaired) electrons. The summed E-state index contributed by atoms with van der Waals surface area (Å²) in [7, 11) is 0. The minimum atomic E-state index is -4.73. The number of rotatable bonds is 3. The van der Waals surface area contributed by atoms with Crippen LogP contribution in [-0.2, 0) is 11.0 Å². The number of carbonyl (C=O) groups excluding carboxylic acids is 2. The van der Waals surface area contributed by atoms with E-state index in [1.807, 2.05) is 4.90 Å². The third kappa shape index (κ3) is 4.82. The van der Waals surface area contributed by atoms with Crippen molar-refractivity contribution < 1.29 is 27.2 Å². The second-order valence-electron chi connectivity index (χ2n) is 9.22. The number of nitrogens with one attached hydrogen (secondary N) is 1. The number of alkyl halides is 3. The quantitative estimate of drug-likeness (QED) is 0.432. The Labute approximate surface area is 203 Å². The van der Waals surface area contributed by atoms with E-state index in [-0.39, 0.29) is 29.2 Å². The fourth-order valence-electron chi connectivity index (χ4n) is 5.08. The fraction of sp³-hybridized carbons (Fsp3) is 0.360. The Balaban J connectivity index is 1.21. The Hall–Kier alpha value is -3.76. The Bertz CT molecular complexity index is 1320. The van der Waals surface area contributed by atoms with Gasteiger partial charge in [0.05, 0.1) is 5.56 Å². The molecule has 0 spiro atoms. The van der Waals surface area contributed by atoms with Crippen LogP contribution >= 0.6 is 0 Å². The molecule has 188 valence electrons. The van der Waals surface area contributed by atoms with Crippen molar-refractivity contribution in [2.75, 3.05) is 26.2 Å². The molecule has 2 fully saturated rings. The summed E-state index contributed by atoms with van der Waals surface area (Å²) in [5, 5.41) is 10.6. The average molecular weight is 501 g/mol. The van der Waals surface area contributed by atoms with Gasteiger partial charge in [-0.15, -0.1) is 0 Å². The number of halogens is 4. The summed E-state index contributed by atoms with van der Waals surface area (Å²) in [6.07, 6.45) is -1.14. The highest BCUT2D eigenvalue weighted by atomic mass is 19.4. The Kier molecular flexibility index (Phi) is 6.23. The third-order valence-electron chi connectivity index (χ3n) is 7.00. The maximum Gasteiger partial charge on any atom is 0.417 e. The lowest BCUT2D eigenvalue weighted by Crippen LogP contribution is -2.33. The molecular formula is C25H23F4N5O2. The molecule has 0 bridgehead atoms. The largest absolute Gasteiger partial charge is 0.417 e. The zero-order valence-electron chi connectivity index (χ0n) is 19.1.